The Morgan fingerprint density at radius 1 is 1.17 bits per heavy atom. The first kappa shape index (κ1) is 22.4. The van der Waals surface area contributed by atoms with Gasteiger partial charge < -0.3 is 19.5 Å². The third kappa shape index (κ3) is 6.89. The molecule has 0 saturated carbocycles. The average molecular weight is 412 g/mol. The van der Waals surface area contributed by atoms with Crippen molar-refractivity contribution in [3.63, 3.8) is 0 Å². The summed E-state index contributed by atoms with van der Waals surface area (Å²) in [5.74, 6) is 0.922. The lowest BCUT2D eigenvalue weighted by molar-refractivity contribution is 0.00531. The van der Waals surface area contributed by atoms with Gasteiger partial charge in [-0.25, -0.2) is 0 Å². The summed E-state index contributed by atoms with van der Waals surface area (Å²) < 4.78 is 8.28. The molecule has 2 heterocycles. The van der Waals surface area contributed by atoms with Crippen molar-refractivity contribution in [3.8, 4) is 0 Å². The van der Waals surface area contributed by atoms with Crippen molar-refractivity contribution in [2.24, 2.45) is 12.0 Å². The Balaban J connectivity index is 1.27. The van der Waals surface area contributed by atoms with Crippen molar-refractivity contribution in [2.75, 3.05) is 40.3 Å². The number of likely N-dealkylation sites (tertiary alicyclic amines) is 1. The van der Waals surface area contributed by atoms with Crippen LogP contribution in [0.3, 0.4) is 0 Å². The van der Waals surface area contributed by atoms with Gasteiger partial charge in [-0.2, -0.15) is 0 Å². The van der Waals surface area contributed by atoms with Crippen molar-refractivity contribution < 1.29 is 4.74 Å². The molecule has 0 spiro atoms. The summed E-state index contributed by atoms with van der Waals surface area (Å²) in [6.07, 6.45) is 5.71. The molecule has 164 valence electrons. The van der Waals surface area contributed by atoms with Crippen LogP contribution in [0.25, 0.3) is 0 Å². The van der Waals surface area contributed by atoms with Crippen molar-refractivity contribution in [1.29, 1.82) is 0 Å². The monoisotopic (exact) mass is 411 g/mol. The van der Waals surface area contributed by atoms with Gasteiger partial charge >= 0.3 is 0 Å². The van der Waals surface area contributed by atoms with E-state index in [0.29, 0.717) is 6.10 Å². The van der Waals surface area contributed by atoms with Crippen LogP contribution in [0.2, 0.25) is 0 Å². The molecule has 6 heteroatoms. The molecular formula is C24H37N5O. The van der Waals surface area contributed by atoms with E-state index < -0.39 is 0 Å². The van der Waals surface area contributed by atoms with E-state index in [9.17, 15) is 0 Å². The number of ether oxygens (including phenoxy) is 1. The van der Waals surface area contributed by atoms with Crippen molar-refractivity contribution in [1.82, 2.24) is 19.7 Å². The molecule has 1 fully saturated rings. The molecule has 0 aliphatic carbocycles. The second-order valence-electron chi connectivity index (χ2n) is 8.13. The number of nitrogens with zero attached hydrogens (tertiary/aromatic N) is 4. The normalized spacial score (nSPS) is 16.0. The van der Waals surface area contributed by atoms with Gasteiger partial charge in [-0.3, -0.25) is 9.89 Å². The van der Waals surface area contributed by atoms with Gasteiger partial charge in [-0.05, 0) is 37.0 Å². The highest BCUT2D eigenvalue weighted by atomic mass is 16.5. The van der Waals surface area contributed by atoms with Gasteiger partial charge in [0.2, 0.25) is 0 Å². The molecule has 1 N–H and O–H groups in total. The smallest absolute Gasteiger partial charge is 0.193 e. The number of rotatable bonds is 9. The first-order valence-corrected chi connectivity index (χ1v) is 11.1. The van der Waals surface area contributed by atoms with E-state index in [4.69, 9.17) is 4.74 Å². The number of hydrogen-bond donors (Lipinski definition) is 1. The third-order valence-electron chi connectivity index (χ3n) is 5.77. The molecule has 2 aromatic rings. The fourth-order valence-electron chi connectivity index (χ4n) is 3.96. The van der Waals surface area contributed by atoms with Crippen molar-refractivity contribution in [2.45, 2.75) is 38.5 Å². The Hall–Kier alpha value is -2.31. The van der Waals surface area contributed by atoms with Gasteiger partial charge in [0.15, 0.2) is 5.96 Å². The zero-order valence-corrected chi connectivity index (χ0v) is 18.8. The predicted molar refractivity (Wildman–Crippen MR) is 124 cm³/mol. The number of nitrogens with one attached hydrogen (secondary N) is 1. The highest BCUT2D eigenvalue weighted by Crippen LogP contribution is 2.16. The first-order valence-electron chi connectivity index (χ1n) is 11.1. The van der Waals surface area contributed by atoms with Gasteiger partial charge in [0.25, 0.3) is 0 Å². The van der Waals surface area contributed by atoms with Crippen LogP contribution in [-0.2, 0) is 24.9 Å². The molecule has 30 heavy (non-hydrogen) atoms. The maximum absolute atomic E-state index is 6.13. The van der Waals surface area contributed by atoms with Gasteiger partial charge in [0, 0.05) is 65.8 Å². The molecule has 0 radical (unpaired) electrons. The van der Waals surface area contributed by atoms with E-state index in [-0.39, 0.29) is 0 Å². The topological polar surface area (TPSA) is 45.0 Å². The number of aromatic nitrogens is 1. The van der Waals surface area contributed by atoms with Crippen LogP contribution < -0.4 is 5.32 Å². The molecule has 0 amide bonds. The summed E-state index contributed by atoms with van der Waals surface area (Å²) >= 11 is 0. The second-order valence-corrected chi connectivity index (χ2v) is 8.13. The average Bonchev–Trinajstić information content (AvgIpc) is 3.17. The summed E-state index contributed by atoms with van der Waals surface area (Å²) in [5.41, 5.74) is 2.66. The summed E-state index contributed by atoms with van der Waals surface area (Å²) in [6, 6.07) is 14.9. The van der Waals surface area contributed by atoms with Gasteiger partial charge in [-0.1, -0.05) is 30.3 Å². The molecule has 1 aromatic carbocycles. The third-order valence-corrected chi connectivity index (χ3v) is 5.77. The number of aryl methyl sites for hydroxylation is 1. The molecule has 6 nitrogen and oxygen atoms in total. The maximum atomic E-state index is 6.13. The zero-order valence-electron chi connectivity index (χ0n) is 18.8. The fourth-order valence-corrected chi connectivity index (χ4v) is 3.96. The lowest BCUT2D eigenvalue weighted by Crippen LogP contribution is -2.39. The van der Waals surface area contributed by atoms with E-state index in [0.717, 1.165) is 64.6 Å². The highest BCUT2D eigenvalue weighted by molar-refractivity contribution is 5.79. The van der Waals surface area contributed by atoms with Gasteiger partial charge in [-0.15, -0.1) is 0 Å². The number of benzene rings is 1. The predicted octanol–water partition coefficient (Wildman–Crippen LogP) is 3.10. The molecule has 1 aromatic heterocycles. The summed E-state index contributed by atoms with van der Waals surface area (Å²) in [7, 11) is 5.98. The Kier molecular flexibility index (Phi) is 8.78. The molecular weight excluding hydrogens is 374 g/mol. The lowest BCUT2D eigenvalue weighted by atomic mass is 10.1. The van der Waals surface area contributed by atoms with Gasteiger partial charge in [0.1, 0.15) is 0 Å². The van der Waals surface area contributed by atoms with Crippen LogP contribution >= 0.6 is 0 Å². The molecule has 0 unspecified atom stereocenters. The lowest BCUT2D eigenvalue weighted by Gasteiger charge is -2.32. The SMILES string of the molecule is CN=C(NCCCOC1CCN(Cc2ccccc2)CC1)N(C)Cc1cccn1C. The van der Waals surface area contributed by atoms with E-state index >= 15 is 0 Å². The van der Waals surface area contributed by atoms with E-state index in [1.165, 1.54) is 11.3 Å². The highest BCUT2D eigenvalue weighted by Gasteiger charge is 2.19. The summed E-state index contributed by atoms with van der Waals surface area (Å²) in [5, 5.41) is 3.45. The number of hydrogen-bond acceptors (Lipinski definition) is 3. The van der Waals surface area contributed by atoms with Gasteiger partial charge in [0.05, 0.1) is 12.6 Å². The van der Waals surface area contributed by atoms with Crippen LogP contribution in [-0.4, -0.2) is 66.8 Å². The largest absolute Gasteiger partial charge is 0.378 e. The van der Waals surface area contributed by atoms with Crippen LogP contribution in [0.15, 0.2) is 53.7 Å². The molecule has 1 aliphatic heterocycles. The summed E-state index contributed by atoms with van der Waals surface area (Å²) in [4.78, 5) is 9.09. The van der Waals surface area contributed by atoms with Crippen molar-refractivity contribution >= 4 is 5.96 Å². The zero-order chi connectivity index (χ0) is 21.2. The van der Waals surface area contributed by atoms with Crippen LogP contribution in [0.4, 0.5) is 0 Å². The van der Waals surface area contributed by atoms with E-state index in [2.05, 4.69) is 87.4 Å². The minimum Gasteiger partial charge on any atom is -0.378 e. The Bertz CT molecular complexity index is 765. The molecule has 1 saturated heterocycles. The number of guanidine groups is 1. The first-order chi connectivity index (χ1) is 14.7. The van der Waals surface area contributed by atoms with Crippen LogP contribution in [0, 0.1) is 0 Å². The van der Waals surface area contributed by atoms with E-state index in [1.54, 1.807) is 0 Å². The fraction of sp³-hybridized carbons (Fsp3) is 0.542. The van der Waals surface area contributed by atoms with Crippen LogP contribution in [0.1, 0.15) is 30.5 Å². The quantitative estimate of drug-likeness (QED) is 0.391. The molecule has 1 aliphatic rings. The maximum Gasteiger partial charge on any atom is 0.193 e. The molecule has 3 rings (SSSR count). The standard InChI is InChI=1S/C24H37N5O/c1-25-24(28(3)20-22-11-7-15-27(22)2)26-14-8-18-30-23-12-16-29(17-13-23)19-21-9-5-4-6-10-21/h4-7,9-11,15,23H,8,12-14,16-20H2,1-3H3,(H,25,26). The minimum atomic E-state index is 0.399. The van der Waals surface area contributed by atoms with E-state index in [1.807, 2.05) is 7.05 Å². The Labute approximate surface area is 181 Å². The van der Waals surface area contributed by atoms with Crippen molar-refractivity contribution in [3.05, 3.63) is 59.9 Å². The number of piperidine rings is 1. The minimum absolute atomic E-state index is 0.399. The second kappa shape index (κ2) is 11.8. The Morgan fingerprint density at radius 3 is 2.60 bits per heavy atom. The summed E-state index contributed by atoms with van der Waals surface area (Å²) in [6.45, 7) is 5.79. The molecule has 0 atom stereocenters. The Morgan fingerprint density at radius 2 is 1.93 bits per heavy atom. The molecule has 0 bridgehead atoms. The number of aliphatic imine (C=N–C) groups is 1. The van der Waals surface area contributed by atoms with Crippen LogP contribution in [0.5, 0.6) is 0 Å².